The van der Waals surface area contributed by atoms with Crippen LogP contribution in [0.4, 0.5) is 19.1 Å². The lowest BCUT2D eigenvalue weighted by molar-refractivity contribution is -0.138. The molecular weight excluding hydrogens is 435 g/mol. The van der Waals surface area contributed by atoms with Crippen LogP contribution in [0.15, 0.2) is 28.9 Å². The van der Waals surface area contributed by atoms with E-state index in [2.05, 4.69) is 42.6 Å². The van der Waals surface area contributed by atoms with Crippen LogP contribution in [0.1, 0.15) is 48.2 Å². The van der Waals surface area contributed by atoms with Gasteiger partial charge < -0.3 is 15.2 Å². The molecule has 1 saturated heterocycles. The third-order valence-electron chi connectivity index (χ3n) is 5.86. The van der Waals surface area contributed by atoms with E-state index in [1.165, 1.54) is 0 Å². The van der Waals surface area contributed by atoms with Gasteiger partial charge in [-0.3, -0.25) is 0 Å². The molecule has 8 nitrogen and oxygen atoms in total. The van der Waals surface area contributed by atoms with Gasteiger partial charge in [0.1, 0.15) is 11.3 Å². The minimum Gasteiger partial charge on any atom is -0.350 e. The van der Waals surface area contributed by atoms with Crippen molar-refractivity contribution in [3.63, 3.8) is 0 Å². The Morgan fingerprint density at radius 1 is 1.15 bits per heavy atom. The fourth-order valence-corrected chi connectivity index (χ4v) is 4.13. The summed E-state index contributed by atoms with van der Waals surface area (Å²) in [6.07, 6.45) is 0.221. The van der Waals surface area contributed by atoms with Crippen molar-refractivity contribution in [1.29, 1.82) is 0 Å². The first-order valence-electron chi connectivity index (χ1n) is 10.7. The SMILES string of the molecule is Cc1nc(-c2ccc3c(n2)CC=C3c2nc(N[C@@H]3CC[C@@H](C)NC3)ncc2C(F)(F)F)no1. The average molecular weight is 457 g/mol. The molecule has 1 fully saturated rings. The van der Waals surface area contributed by atoms with E-state index in [0.29, 0.717) is 53.2 Å². The number of pyridine rings is 1. The van der Waals surface area contributed by atoms with Crippen molar-refractivity contribution >= 4 is 11.5 Å². The Kier molecular flexibility index (Phi) is 5.35. The standard InChI is InChI=1S/C22H22F3N7O/c1-11-3-4-13(9-26-11)29-21-27-10-16(22(23,24)25)19(31-21)15-6-7-17-14(15)5-8-18(30-17)20-28-12(2)33-32-20/h5-6,8,10-11,13,26H,3-4,7,9H2,1-2H3,(H,27,29,31)/t11-,13-/m1/s1. The summed E-state index contributed by atoms with van der Waals surface area (Å²) in [6, 6.07) is 3.87. The van der Waals surface area contributed by atoms with Crippen molar-refractivity contribution in [2.45, 2.75) is 51.4 Å². The van der Waals surface area contributed by atoms with Gasteiger partial charge in [-0.25, -0.2) is 15.0 Å². The lowest BCUT2D eigenvalue weighted by Crippen LogP contribution is -2.43. The molecule has 2 atom stereocenters. The van der Waals surface area contributed by atoms with Crippen molar-refractivity contribution in [2.75, 3.05) is 11.9 Å². The molecular formula is C22H22F3N7O. The fraction of sp³-hybridized carbons (Fsp3) is 0.409. The van der Waals surface area contributed by atoms with Crippen LogP contribution < -0.4 is 10.6 Å². The molecule has 0 spiro atoms. The number of nitrogens with zero attached hydrogens (tertiary/aromatic N) is 5. The van der Waals surface area contributed by atoms with Gasteiger partial charge in [0.25, 0.3) is 0 Å². The molecule has 33 heavy (non-hydrogen) atoms. The molecule has 0 unspecified atom stereocenters. The van der Waals surface area contributed by atoms with Crippen molar-refractivity contribution < 1.29 is 17.7 Å². The van der Waals surface area contributed by atoms with Crippen LogP contribution in [0.3, 0.4) is 0 Å². The number of hydrogen-bond acceptors (Lipinski definition) is 8. The van der Waals surface area contributed by atoms with Gasteiger partial charge in [0.15, 0.2) is 0 Å². The lowest BCUT2D eigenvalue weighted by atomic mass is 10.0. The van der Waals surface area contributed by atoms with Gasteiger partial charge in [-0.1, -0.05) is 17.3 Å². The monoisotopic (exact) mass is 457 g/mol. The summed E-state index contributed by atoms with van der Waals surface area (Å²) in [5, 5.41) is 10.4. The number of halogens is 3. The summed E-state index contributed by atoms with van der Waals surface area (Å²) >= 11 is 0. The number of fused-ring (bicyclic) bond motifs is 1. The molecule has 1 aliphatic carbocycles. The van der Waals surface area contributed by atoms with Crippen LogP contribution in [0.5, 0.6) is 0 Å². The Hall–Kier alpha value is -3.34. The second kappa shape index (κ2) is 8.22. The number of piperidine rings is 1. The number of allylic oxidation sites excluding steroid dienone is 1. The Morgan fingerprint density at radius 3 is 2.70 bits per heavy atom. The van der Waals surface area contributed by atoms with Crippen LogP contribution in [0.2, 0.25) is 0 Å². The van der Waals surface area contributed by atoms with E-state index >= 15 is 0 Å². The molecule has 0 bridgehead atoms. The van der Waals surface area contributed by atoms with Crippen molar-refractivity contribution in [3.05, 3.63) is 52.8 Å². The summed E-state index contributed by atoms with van der Waals surface area (Å²) < 4.78 is 46.5. The highest BCUT2D eigenvalue weighted by Crippen LogP contribution is 2.39. The molecule has 5 rings (SSSR count). The molecule has 0 saturated carbocycles. The van der Waals surface area contributed by atoms with Crippen molar-refractivity contribution in [2.24, 2.45) is 0 Å². The fourth-order valence-electron chi connectivity index (χ4n) is 4.13. The molecule has 0 amide bonds. The van der Waals surface area contributed by atoms with Crippen LogP contribution in [0, 0.1) is 6.92 Å². The number of nitrogens with one attached hydrogen (secondary N) is 2. The quantitative estimate of drug-likeness (QED) is 0.610. The molecule has 1 aliphatic heterocycles. The van der Waals surface area contributed by atoms with E-state index in [1.807, 2.05) is 0 Å². The predicted octanol–water partition coefficient (Wildman–Crippen LogP) is 3.79. The minimum atomic E-state index is -4.59. The van der Waals surface area contributed by atoms with Gasteiger partial charge in [0.2, 0.25) is 17.7 Å². The molecule has 2 N–H and O–H groups in total. The molecule has 0 radical (unpaired) electrons. The topological polar surface area (TPSA) is 102 Å². The highest BCUT2D eigenvalue weighted by atomic mass is 19.4. The second-order valence-corrected chi connectivity index (χ2v) is 8.33. The number of alkyl halides is 3. The van der Waals surface area contributed by atoms with Gasteiger partial charge in [0, 0.05) is 49.3 Å². The number of anilines is 1. The Balaban J connectivity index is 1.48. The highest BCUT2D eigenvalue weighted by Gasteiger charge is 2.37. The first-order valence-corrected chi connectivity index (χ1v) is 10.7. The summed E-state index contributed by atoms with van der Waals surface area (Å²) in [4.78, 5) is 17.0. The number of aryl methyl sites for hydroxylation is 1. The van der Waals surface area contributed by atoms with Crippen LogP contribution in [-0.4, -0.2) is 43.7 Å². The largest absolute Gasteiger partial charge is 0.419 e. The van der Waals surface area contributed by atoms with Gasteiger partial charge in [0.05, 0.1) is 11.4 Å². The van der Waals surface area contributed by atoms with Gasteiger partial charge in [-0.2, -0.15) is 18.2 Å². The zero-order chi connectivity index (χ0) is 23.2. The van der Waals surface area contributed by atoms with E-state index < -0.39 is 11.7 Å². The summed E-state index contributed by atoms with van der Waals surface area (Å²) in [7, 11) is 0. The summed E-state index contributed by atoms with van der Waals surface area (Å²) in [5.74, 6) is 0.925. The highest BCUT2D eigenvalue weighted by molar-refractivity contribution is 5.84. The Morgan fingerprint density at radius 2 is 2.00 bits per heavy atom. The van der Waals surface area contributed by atoms with Gasteiger partial charge >= 0.3 is 6.18 Å². The van der Waals surface area contributed by atoms with Gasteiger partial charge in [-0.15, -0.1) is 0 Å². The van der Waals surface area contributed by atoms with E-state index in [1.54, 1.807) is 25.1 Å². The molecule has 11 heteroatoms. The number of aromatic nitrogens is 5. The molecule has 3 aromatic rings. The van der Waals surface area contributed by atoms with Crippen LogP contribution in [-0.2, 0) is 12.6 Å². The van der Waals surface area contributed by atoms with E-state index in [-0.39, 0.29) is 17.7 Å². The smallest absolute Gasteiger partial charge is 0.350 e. The molecule has 0 aromatic carbocycles. The van der Waals surface area contributed by atoms with Gasteiger partial charge in [-0.05, 0) is 25.8 Å². The lowest BCUT2D eigenvalue weighted by Gasteiger charge is -2.28. The average Bonchev–Trinajstić information content (AvgIpc) is 3.40. The molecule has 172 valence electrons. The maximum Gasteiger partial charge on any atom is 0.419 e. The molecule has 3 aromatic heterocycles. The summed E-state index contributed by atoms with van der Waals surface area (Å²) in [6.45, 7) is 4.48. The van der Waals surface area contributed by atoms with Crippen molar-refractivity contribution in [3.8, 4) is 11.5 Å². The van der Waals surface area contributed by atoms with Crippen LogP contribution in [0.25, 0.3) is 17.1 Å². The minimum absolute atomic E-state index is 0.0540. The molecule has 4 heterocycles. The second-order valence-electron chi connectivity index (χ2n) is 8.33. The maximum atomic E-state index is 13.8. The summed E-state index contributed by atoms with van der Waals surface area (Å²) in [5.41, 5.74) is 1.10. The first-order chi connectivity index (χ1) is 15.8. The van der Waals surface area contributed by atoms with Crippen LogP contribution >= 0.6 is 0 Å². The third kappa shape index (κ3) is 4.32. The Labute approximate surface area is 187 Å². The first kappa shape index (κ1) is 21.5. The van der Waals surface area contributed by atoms with E-state index in [9.17, 15) is 13.2 Å². The normalized spacial score (nSPS) is 20.5. The maximum absolute atomic E-state index is 13.8. The zero-order valence-electron chi connectivity index (χ0n) is 18.1. The van der Waals surface area contributed by atoms with Crippen molar-refractivity contribution in [1.82, 2.24) is 30.4 Å². The zero-order valence-corrected chi connectivity index (χ0v) is 18.1. The number of hydrogen-bond donors (Lipinski definition) is 2. The Bertz CT molecular complexity index is 1210. The van der Waals surface area contributed by atoms with E-state index in [4.69, 9.17) is 4.52 Å². The molecule has 2 aliphatic rings. The number of rotatable bonds is 4. The third-order valence-corrected chi connectivity index (χ3v) is 5.86. The van der Waals surface area contributed by atoms with E-state index in [0.717, 1.165) is 19.0 Å². The predicted molar refractivity (Wildman–Crippen MR) is 114 cm³/mol.